The van der Waals surface area contributed by atoms with Gasteiger partial charge in [0.1, 0.15) is 0 Å². The molecule has 0 aromatic rings. The van der Waals surface area contributed by atoms with Crippen molar-refractivity contribution in [2.24, 2.45) is 0 Å². The molecule has 0 aliphatic carbocycles. The standard InChI is InChI=1S/C12H11F4I/c1-4-9(7-13)11(8(3)17)6-10(5-2)12(14,15)16/h4-7H,1,3H2,2H3/b9-7-,10-5+,11-6+. The second kappa shape index (κ2) is 6.78. The Morgan fingerprint density at radius 3 is 2.06 bits per heavy atom. The average molecular weight is 358 g/mol. The van der Waals surface area contributed by atoms with Gasteiger partial charge in [-0.15, -0.1) is 0 Å². The third-order valence-corrected chi connectivity index (χ3v) is 2.46. The fraction of sp³-hybridized carbons (Fsp3) is 0.167. The van der Waals surface area contributed by atoms with Crippen LogP contribution in [0.15, 0.2) is 58.0 Å². The number of halogens is 5. The number of rotatable bonds is 4. The van der Waals surface area contributed by atoms with Gasteiger partial charge in [-0.2, -0.15) is 13.2 Å². The SMILES string of the molecule is C=CC(=C/F)/C(=C/C(=C\C)C(F)(F)F)C(=C)I. The van der Waals surface area contributed by atoms with Crippen molar-refractivity contribution in [1.82, 2.24) is 0 Å². The maximum absolute atomic E-state index is 12.5. The normalized spacial score (nSPS) is 14.8. The highest BCUT2D eigenvalue weighted by Crippen LogP contribution is 2.32. The Balaban J connectivity index is 5.65. The average Bonchev–Trinajstić information content (AvgIpc) is 2.21. The first-order valence-corrected chi connectivity index (χ1v) is 5.59. The Bertz CT molecular complexity index is 397. The molecule has 0 fully saturated rings. The Labute approximate surface area is 111 Å². The quantitative estimate of drug-likeness (QED) is 0.358. The first-order valence-electron chi connectivity index (χ1n) is 4.51. The van der Waals surface area contributed by atoms with Crippen molar-refractivity contribution in [3.8, 4) is 0 Å². The lowest BCUT2D eigenvalue weighted by Gasteiger charge is -2.11. The summed E-state index contributed by atoms with van der Waals surface area (Å²) in [6, 6.07) is 0. The van der Waals surface area contributed by atoms with Gasteiger partial charge in [0.15, 0.2) is 0 Å². The van der Waals surface area contributed by atoms with Crippen LogP contribution >= 0.6 is 22.6 Å². The minimum Gasteiger partial charge on any atom is -0.215 e. The van der Waals surface area contributed by atoms with Crippen LogP contribution in [0.25, 0.3) is 0 Å². The highest BCUT2D eigenvalue weighted by atomic mass is 127. The third kappa shape index (κ3) is 4.89. The van der Waals surface area contributed by atoms with Crippen molar-refractivity contribution in [3.63, 3.8) is 0 Å². The molecule has 0 amide bonds. The summed E-state index contributed by atoms with van der Waals surface area (Å²) in [4.78, 5) is 0. The molecule has 94 valence electrons. The molecule has 0 spiro atoms. The molecule has 0 rings (SSSR count). The molecular weight excluding hydrogens is 347 g/mol. The summed E-state index contributed by atoms with van der Waals surface area (Å²) >= 11 is 1.73. The molecular formula is C12H11F4I. The zero-order valence-corrected chi connectivity index (χ0v) is 11.3. The summed E-state index contributed by atoms with van der Waals surface area (Å²) in [6.07, 6.45) is -1.37. The summed E-state index contributed by atoms with van der Waals surface area (Å²) < 4.78 is 50.4. The lowest BCUT2D eigenvalue weighted by Crippen LogP contribution is -2.10. The van der Waals surface area contributed by atoms with Crippen LogP contribution in [0.1, 0.15) is 6.92 Å². The van der Waals surface area contributed by atoms with Gasteiger partial charge in [-0.25, -0.2) is 4.39 Å². The summed E-state index contributed by atoms with van der Waals surface area (Å²) in [5.74, 6) is 0. The Morgan fingerprint density at radius 1 is 1.29 bits per heavy atom. The predicted molar refractivity (Wildman–Crippen MR) is 70.4 cm³/mol. The van der Waals surface area contributed by atoms with Crippen molar-refractivity contribution in [2.45, 2.75) is 13.1 Å². The van der Waals surface area contributed by atoms with Gasteiger partial charge in [0.05, 0.1) is 11.9 Å². The molecule has 0 saturated heterocycles. The fourth-order valence-electron chi connectivity index (χ4n) is 1.02. The smallest absolute Gasteiger partial charge is 0.215 e. The van der Waals surface area contributed by atoms with Crippen LogP contribution in [0.5, 0.6) is 0 Å². The van der Waals surface area contributed by atoms with Gasteiger partial charge in [-0.05, 0) is 41.2 Å². The van der Waals surface area contributed by atoms with E-state index >= 15 is 0 Å². The van der Waals surface area contributed by atoms with Crippen molar-refractivity contribution >= 4 is 22.6 Å². The summed E-state index contributed by atoms with van der Waals surface area (Å²) in [7, 11) is 0. The van der Waals surface area contributed by atoms with Crippen LogP contribution in [-0.2, 0) is 0 Å². The van der Waals surface area contributed by atoms with E-state index in [2.05, 4.69) is 13.2 Å². The van der Waals surface area contributed by atoms with Crippen LogP contribution in [0.2, 0.25) is 0 Å². The van der Waals surface area contributed by atoms with E-state index < -0.39 is 11.7 Å². The third-order valence-electron chi connectivity index (χ3n) is 1.88. The zero-order chi connectivity index (χ0) is 13.6. The summed E-state index contributed by atoms with van der Waals surface area (Å²) in [5, 5.41) is 0. The highest BCUT2D eigenvalue weighted by Gasteiger charge is 2.31. The lowest BCUT2D eigenvalue weighted by atomic mass is 10.0. The van der Waals surface area contributed by atoms with Gasteiger partial charge in [-0.1, -0.05) is 25.3 Å². The molecule has 0 aromatic carbocycles. The number of alkyl halides is 3. The molecule has 0 aliphatic rings. The first-order chi connectivity index (χ1) is 7.77. The Hall–Kier alpha value is -0.850. The van der Waals surface area contributed by atoms with E-state index in [0.29, 0.717) is 3.58 Å². The topological polar surface area (TPSA) is 0 Å². The van der Waals surface area contributed by atoms with E-state index in [1.807, 2.05) is 0 Å². The van der Waals surface area contributed by atoms with Crippen molar-refractivity contribution < 1.29 is 17.6 Å². The molecule has 0 heterocycles. The molecule has 0 saturated carbocycles. The fourth-order valence-corrected chi connectivity index (χ4v) is 1.48. The molecule has 0 N–H and O–H groups in total. The first kappa shape index (κ1) is 16.1. The monoisotopic (exact) mass is 358 g/mol. The van der Waals surface area contributed by atoms with Gasteiger partial charge >= 0.3 is 6.18 Å². The zero-order valence-electron chi connectivity index (χ0n) is 9.11. The molecule has 5 heteroatoms. The lowest BCUT2D eigenvalue weighted by molar-refractivity contribution is -0.0883. The van der Waals surface area contributed by atoms with Crippen LogP contribution in [0.3, 0.4) is 0 Å². The highest BCUT2D eigenvalue weighted by molar-refractivity contribution is 14.1. The second-order valence-electron chi connectivity index (χ2n) is 2.97. The van der Waals surface area contributed by atoms with Gasteiger partial charge in [0.25, 0.3) is 0 Å². The molecule has 0 radical (unpaired) electrons. The summed E-state index contributed by atoms with van der Waals surface area (Å²) in [6.45, 7) is 8.11. The van der Waals surface area contributed by atoms with Gasteiger partial charge in [0.2, 0.25) is 0 Å². The Kier molecular flexibility index (Phi) is 6.44. The molecule has 0 bridgehead atoms. The minimum absolute atomic E-state index is 0.0343. The number of hydrogen-bond donors (Lipinski definition) is 0. The van der Waals surface area contributed by atoms with Crippen molar-refractivity contribution in [1.29, 1.82) is 0 Å². The molecule has 0 aliphatic heterocycles. The van der Waals surface area contributed by atoms with E-state index in [4.69, 9.17) is 0 Å². The van der Waals surface area contributed by atoms with E-state index in [1.165, 1.54) is 6.92 Å². The van der Waals surface area contributed by atoms with Gasteiger partial charge in [0, 0.05) is 9.15 Å². The van der Waals surface area contributed by atoms with Crippen LogP contribution < -0.4 is 0 Å². The van der Waals surface area contributed by atoms with Gasteiger partial charge < -0.3 is 0 Å². The van der Waals surface area contributed by atoms with E-state index in [0.717, 1.165) is 18.2 Å². The van der Waals surface area contributed by atoms with Crippen molar-refractivity contribution in [3.05, 3.63) is 58.0 Å². The number of allylic oxidation sites excluding steroid dienone is 7. The van der Waals surface area contributed by atoms with E-state index in [1.54, 1.807) is 22.6 Å². The van der Waals surface area contributed by atoms with E-state index in [-0.39, 0.29) is 17.5 Å². The molecule has 0 nitrogen and oxygen atoms in total. The maximum Gasteiger partial charge on any atom is 0.416 e. The number of hydrogen-bond acceptors (Lipinski definition) is 0. The van der Waals surface area contributed by atoms with Crippen LogP contribution in [0, 0.1) is 0 Å². The maximum atomic E-state index is 12.5. The second-order valence-corrected chi connectivity index (χ2v) is 4.28. The van der Waals surface area contributed by atoms with Crippen LogP contribution in [0.4, 0.5) is 17.6 Å². The minimum atomic E-state index is -4.48. The molecule has 0 aromatic heterocycles. The summed E-state index contributed by atoms with van der Waals surface area (Å²) in [5.41, 5.74) is -0.826. The van der Waals surface area contributed by atoms with Gasteiger partial charge in [-0.3, -0.25) is 0 Å². The predicted octanol–water partition coefficient (Wildman–Crippen LogP) is 5.41. The van der Waals surface area contributed by atoms with Crippen LogP contribution in [-0.4, -0.2) is 6.18 Å². The molecule has 0 atom stereocenters. The molecule has 17 heavy (non-hydrogen) atoms. The Morgan fingerprint density at radius 2 is 1.82 bits per heavy atom. The largest absolute Gasteiger partial charge is 0.416 e. The van der Waals surface area contributed by atoms with E-state index in [9.17, 15) is 17.6 Å². The van der Waals surface area contributed by atoms with Crippen molar-refractivity contribution in [2.75, 3.05) is 0 Å². The molecule has 0 unspecified atom stereocenters.